The molecule has 1 aromatic carbocycles. The SMILES string of the molecule is O=C(CC(=O)N/N=C/c1ccco1)NCCc1ccccc1. The fourth-order valence-electron chi connectivity index (χ4n) is 1.77. The van der Waals surface area contributed by atoms with Gasteiger partial charge in [0.15, 0.2) is 0 Å². The molecule has 0 aliphatic rings. The van der Waals surface area contributed by atoms with E-state index in [4.69, 9.17) is 4.42 Å². The maximum Gasteiger partial charge on any atom is 0.249 e. The number of furan rings is 1. The lowest BCUT2D eigenvalue weighted by atomic mass is 10.1. The number of carbonyl (C=O) groups is 2. The van der Waals surface area contributed by atoms with Crippen molar-refractivity contribution in [1.82, 2.24) is 10.7 Å². The molecule has 0 radical (unpaired) electrons. The van der Waals surface area contributed by atoms with Gasteiger partial charge in [-0.2, -0.15) is 5.10 Å². The number of hydrogen-bond acceptors (Lipinski definition) is 4. The quantitative estimate of drug-likeness (QED) is 0.461. The normalized spacial score (nSPS) is 10.5. The van der Waals surface area contributed by atoms with E-state index in [1.54, 1.807) is 12.1 Å². The van der Waals surface area contributed by atoms with Gasteiger partial charge in [-0.3, -0.25) is 9.59 Å². The summed E-state index contributed by atoms with van der Waals surface area (Å²) in [6.07, 6.45) is 3.34. The van der Waals surface area contributed by atoms with Crippen molar-refractivity contribution in [2.75, 3.05) is 6.54 Å². The smallest absolute Gasteiger partial charge is 0.249 e. The number of nitrogens with one attached hydrogen (secondary N) is 2. The summed E-state index contributed by atoms with van der Waals surface area (Å²) in [6, 6.07) is 13.2. The van der Waals surface area contributed by atoms with E-state index in [0.29, 0.717) is 12.3 Å². The molecule has 1 aromatic heterocycles. The average molecular weight is 299 g/mol. The summed E-state index contributed by atoms with van der Waals surface area (Å²) in [5.41, 5.74) is 3.40. The third-order valence-electron chi connectivity index (χ3n) is 2.82. The lowest BCUT2D eigenvalue weighted by molar-refractivity contribution is -0.129. The molecule has 0 aliphatic heterocycles. The average Bonchev–Trinajstić information content (AvgIpc) is 3.01. The molecule has 0 unspecified atom stereocenters. The maximum atomic E-state index is 11.6. The standard InChI is InChI=1S/C16H17N3O3/c20-15(17-9-8-13-5-2-1-3-6-13)11-16(21)19-18-12-14-7-4-10-22-14/h1-7,10,12H,8-9,11H2,(H,17,20)(H,19,21)/b18-12+. The highest BCUT2D eigenvalue weighted by Gasteiger charge is 2.07. The van der Waals surface area contributed by atoms with E-state index in [9.17, 15) is 9.59 Å². The van der Waals surface area contributed by atoms with Crippen molar-refractivity contribution >= 4 is 18.0 Å². The molecule has 0 fully saturated rings. The fourth-order valence-corrected chi connectivity index (χ4v) is 1.77. The largest absolute Gasteiger partial charge is 0.463 e. The van der Waals surface area contributed by atoms with Crippen molar-refractivity contribution in [1.29, 1.82) is 0 Å². The summed E-state index contributed by atoms with van der Waals surface area (Å²) in [7, 11) is 0. The van der Waals surface area contributed by atoms with E-state index in [1.807, 2.05) is 30.3 Å². The lowest BCUT2D eigenvalue weighted by Crippen LogP contribution is -2.31. The monoisotopic (exact) mass is 299 g/mol. The Labute approximate surface area is 128 Å². The number of benzene rings is 1. The highest BCUT2D eigenvalue weighted by atomic mass is 16.3. The topological polar surface area (TPSA) is 83.7 Å². The number of amides is 2. The molecule has 0 aliphatic carbocycles. The second-order valence-corrected chi connectivity index (χ2v) is 4.57. The van der Waals surface area contributed by atoms with E-state index >= 15 is 0 Å². The van der Waals surface area contributed by atoms with Crippen LogP contribution < -0.4 is 10.7 Å². The van der Waals surface area contributed by atoms with Gasteiger partial charge in [0.1, 0.15) is 12.2 Å². The molecule has 6 heteroatoms. The molecular weight excluding hydrogens is 282 g/mol. The molecule has 2 rings (SSSR count). The Bertz CT molecular complexity index is 621. The van der Waals surface area contributed by atoms with Crippen LogP contribution in [0.4, 0.5) is 0 Å². The second kappa shape index (κ2) is 8.41. The van der Waals surface area contributed by atoms with Gasteiger partial charge >= 0.3 is 0 Å². The molecule has 114 valence electrons. The van der Waals surface area contributed by atoms with Crippen LogP contribution >= 0.6 is 0 Å². The summed E-state index contributed by atoms with van der Waals surface area (Å²) < 4.78 is 5.01. The van der Waals surface area contributed by atoms with Gasteiger partial charge in [-0.1, -0.05) is 30.3 Å². The van der Waals surface area contributed by atoms with Crippen molar-refractivity contribution in [3.63, 3.8) is 0 Å². The van der Waals surface area contributed by atoms with Crippen LogP contribution in [0.2, 0.25) is 0 Å². The first-order valence-corrected chi connectivity index (χ1v) is 6.90. The van der Waals surface area contributed by atoms with Crippen molar-refractivity contribution in [3.05, 3.63) is 60.1 Å². The predicted octanol–water partition coefficient (Wildman–Crippen LogP) is 1.48. The summed E-state index contributed by atoms with van der Waals surface area (Å²) >= 11 is 0. The summed E-state index contributed by atoms with van der Waals surface area (Å²) in [6.45, 7) is 0.492. The third-order valence-corrected chi connectivity index (χ3v) is 2.82. The first kappa shape index (κ1) is 15.5. The van der Waals surface area contributed by atoms with Crippen LogP contribution in [0.15, 0.2) is 58.2 Å². The minimum Gasteiger partial charge on any atom is -0.463 e. The van der Waals surface area contributed by atoms with Gasteiger partial charge in [0.25, 0.3) is 0 Å². The highest BCUT2D eigenvalue weighted by Crippen LogP contribution is 1.98. The number of carbonyl (C=O) groups excluding carboxylic acids is 2. The minimum absolute atomic E-state index is 0.260. The highest BCUT2D eigenvalue weighted by molar-refractivity contribution is 5.97. The zero-order chi connectivity index (χ0) is 15.6. The Morgan fingerprint density at radius 1 is 1.09 bits per heavy atom. The lowest BCUT2D eigenvalue weighted by Gasteiger charge is -2.04. The number of hydrogen-bond donors (Lipinski definition) is 2. The molecule has 2 amide bonds. The molecular formula is C16H17N3O3. The van der Waals surface area contributed by atoms with Gasteiger partial charge < -0.3 is 9.73 Å². The van der Waals surface area contributed by atoms with Crippen LogP contribution in [-0.2, 0) is 16.0 Å². The summed E-state index contributed by atoms with van der Waals surface area (Å²) in [5, 5.41) is 6.39. The molecule has 0 bridgehead atoms. The van der Waals surface area contributed by atoms with Gasteiger partial charge in [0.2, 0.25) is 11.8 Å². The predicted molar refractivity (Wildman–Crippen MR) is 82.2 cm³/mol. The van der Waals surface area contributed by atoms with Crippen LogP contribution in [0.3, 0.4) is 0 Å². The van der Waals surface area contributed by atoms with Crippen molar-refractivity contribution < 1.29 is 14.0 Å². The Hall–Kier alpha value is -2.89. The van der Waals surface area contributed by atoms with E-state index in [-0.39, 0.29) is 12.3 Å². The van der Waals surface area contributed by atoms with Crippen LogP contribution in [0.25, 0.3) is 0 Å². The van der Waals surface area contributed by atoms with E-state index in [1.165, 1.54) is 12.5 Å². The number of rotatable bonds is 7. The van der Waals surface area contributed by atoms with E-state index in [0.717, 1.165) is 12.0 Å². The zero-order valence-corrected chi connectivity index (χ0v) is 12.0. The zero-order valence-electron chi connectivity index (χ0n) is 12.0. The molecule has 0 spiro atoms. The minimum atomic E-state index is -0.472. The van der Waals surface area contributed by atoms with Crippen molar-refractivity contribution in [2.24, 2.45) is 5.10 Å². The molecule has 0 saturated heterocycles. The van der Waals surface area contributed by atoms with Crippen molar-refractivity contribution in [2.45, 2.75) is 12.8 Å². The summed E-state index contributed by atoms with van der Waals surface area (Å²) in [5.74, 6) is -0.283. The fraction of sp³-hybridized carbons (Fsp3) is 0.188. The van der Waals surface area contributed by atoms with Gasteiger partial charge in [-0.15, -0.1) is 0 Å². The molecule has 6 nitrogen and oxygen atoms in total. The van der Waals surface area contributed by atoms with Crippen LogP contribution in [0.1, 0.15) is 17.7 Å². The molecule has 2 aromatic rings. The number of nitrogens with zero attached hydrogens (tertiary/aromatic N) is 1. The van der Waals surface area contributed by atoms with Gasteiger partial charge in [0, 0.05) is 6.54 Å². The van der Waals surface area contributed by atoms with Gasteiger partial charge in [0.05, 0.1) is 12.5 Å². The van der Waals surface area contributed by atoms with E-state index in [2.05, 4.69) is 15.8 Å². The van der Waals surface area contributed by atoms with E-state index < -0.39 is 5.91 Å². The molecule has 22 heavy (non-hydrogen) atoms. The first-order valence-electron chi connectivity index (χ1n) is 6.90. The van der Waals surface area contributed by atoms with Crippen LogP contribution in [0.5, 0.6) is 0 Å². The van der Waals surface area contributed by atoms with Crippen LogP contribution in [0, 0.1) is 0 Å². The molecule has 1 heterocycles. The molecule has 0 saturated carbocycles. The van der Waals surface area contributed by atoms with Crippen LogP contribution in [-0.4, -0.2) is 24.6 Å². The van der Waals surface area contributed by atoms with Gasteiger partial charge in [-0.05, 0) is 24.1 Å². The third kappa shape index (κ3) is 5.62. The summed E-state index contributed by atoms with van der Waals surface area (Å²) in [4.78, 5) is 23.1. The Morgan fingerprint density at radius 2 is 1.91 bits per heavy atom. The second-order valence-electron chi connectivity index (χ2n) is 4.57. The Balaban J connectivity index is 1.63. The molecule has 2 N–H and O–H groups in total. The number of hydrazone groups is 1. The van der Waals surface area contributed by atoms with Gasteiger partial charge in [-0.25, -0.2) is 5.43 Å². The Morgan fingerprint density at radius 3 is 2.64 bits per heavy atom. The Kier molecular flexibility index (Phi) is 5.92. The molecule has 0 atom stereocenters. The van der Waals surface area contributed by atoms with Crippen molar-refractivity contribution in [3.8, 4) is 0 Å². The first-order chi connectivity index (χ1) is 10.7. The maximum absolute atomic E-state index is 11.6.